The van der Waals surface area contributed by atoms with Gasteiger partial charge in [0.05, 0.1) is 0 Å². The highest BCUT2D eigenvalue weighted by atomic mass is 79.9. The molecule has 1 nitrogen and oxygen atoms in total. The molecule has 4 atom stereocenters. The summed E-state index contributed by atoms with van der Waals surface area (Å²) in [4.78, 5) is 1.48. The van der Waals surface area contributed by atoms with E-state index in [1.165, 1.54) is 28.6 Å². The molecule has 1 heterocycles. The Morgan fingerprint density at radius 2 is 2.12 bits per heavy atom. The summed E-state index contributed by atoms with van der Waals surface area (Å²) in [5.41, 5.74) is 0. The third-order valence-electron chi connectivity index (χ3n) is 4.32. The Morgan fingerprint density at radius 1 is 1.35 bits per heavy atom. The number of nitrogens with one attached hydrogen (secondary N) is 1. The Labute approximate surface area is 117 Å². The average Bonchev–Trinajstić information content (AvgIpc) is 2.71. The molecule has 2 rings (SSSR count). The predicted octanol–water partition coefficient (Wildman–Crippen LogP) is 4.84. The van der Waals surface area contributed by atoms with E-state index in [9.17, 15) is 0 Å². The van der Waals surface area contributed by atoms with E-state index < -0.39 is 0 Å². The molecule has 1 saturated carbocycles. The third-order valence-corrected chi connectivity index (χ3v) is 6.09. The summed E-state index contributed by atoms with van der Waals surface area (Å²) in [7, 11) is 2.10. The Kier molecular flexibility index (Phi) is 4.67. The van der Waals surface area contributed by atoms with Gasteiger partial charge in [-0.25, -0.2) is 0 Å². The first-order valence-corrected chi connectivity index (χ1v) is 8.20. The summed E-state index contributed by atoms with van der Waals surface area (Å²) in [6.07, 6.45) is 4.12. The molecule has 1 fully saturated rings. The smallest absolute Gasteiger partial charge is 0.0441 e. The van der Waals surface area contributed by atoms with Gasteiger partial charge in [0.2, 0.25) is 0 Å². The highest BCUT2D eigenvalue weighted by Gasteiger charge is 2.30. The van der Waals surface area contributed by atoms with Crippen LogP contribution in [0.15, 0.2) is 15.9 Å². The van der Waals surface area contributed by atoms with Gasteiger partial charge >= 0.3 is 0 Å². The molecule has 0 amide bonds. The molecule has 1 aromatic heterocycles. The first-order valence-electron chi connectivity index (χ1n) is 6.53. The molecular weight excluding hydrogens is 294 g/mol. The number of hydrogen-bond acceptors (Lipinski definition) is 2. The molecule has 96 valence electrons. The Hall–Kier alpha value is 0.140. The minimum absolute atomic E-state index is 0.543. The van der Waals surface area contributed by atoms with Gasteiger partial charge in [0.25, 0.3) is 0 Å². The molecule has 0 bridgehead atoms. The van der Waals surface area contributed by atoms with Crippen molar-refractivity contribution in [1.29, 1.82) is 0 Å². The van der Waals surface area contributed by atoms with E-state index in [2.05, 4.69) is 53.6 Å². The second-order valence-corrected chi connectivity index (χ2v) is 7.32. The predicted molar refractivity (Wildman–Crippen MR) is 79.5 cm³/mol. The quantitative estimate of drug-likeness (QED) is 0.841. The van der Waals surface area contributed by atoms with Crippen LogP contribution < -0.4 is 5.32 Å². The lowest BCUT2D eigenvalue weighted by molar-refractivity contribution is 0.176. The van der Waals surface area contributed by atoms with Gasteiger partial charge in [-0.3, -0.25) is 0 Å². The van der Waals surface area contributed by atoms with Gasteiger partial charge < -0.3 is 5.32 Å². The SMILES string of the molecule is CNC(c1cc(Br)cs1)C1CCC(C)C(C)C1. The molecule has 1 aliphatic rings. The zero-order valence-corrected chi connectivity index (χ0v) is 13.3. The molecular formula is C14H22BrNS. The molecule has 0 aliphatic heterocycles. The fourth-order valence-corrected chi connectivity index (χ4v) is 4.64. The van der Waals surface area contributed by atoms with Crippen molar-refractivity contribution in [3.63, 3.8) is 0 Å². The van der Waals surface area contributed by atoms with Crippen molar-refractivity contribution < 1.29 is 0 Å². The van der Waals surface area contributed by atoms with Crippen molar-refractivity contribution in [2.24, 2.45) is 17.8 Å². The monoisotopic (exact) mass is 315 g/mol. The largest absolute Gasteiger partial charge is 0.312 e. The zero-order valence-electron chi connectivity index (χ0n) is 10.9. The number of rotatable bonds is 3. The Balaban J connectivity index is 2.08. The van der Waals surface area contributed by atoms with Crippen LogP contribution in [-0.2, 0) is 0 Å². The molecule has 1 aliphatic carbocycles. The fourth-order valence-electron chi connectivity index (χ4n) is 2.99. The Bertz CT molecular complexity index is 363. The van der Waals surface area contributed by atoms with E-state index in [4.69, 9.17) is 0 Å². The lowest BCUT2D eigenvalue weighted by Crippen LogP contribution is -2.31. The average molecular weight is 316 g/mol. The van der Waals surface area contributed by atoms with E-state index in [1.54, 1.807) is 0 Å². The van der Waals surface area contributed by atoms with Gasteiger partial charge in [-0.2, -0.15) is 0 Å². The number of halogens is 1. The van der Waals surface area contributed by atoms with Crippen molar-refractivity contribution in [3.8, 4) is 0 Å². The second kappa shape index (κ2) is 5.85. The van der Waals surface area contributed by atoms with Crippen molar-refractivity contribution in [1.82, 2.24) is 5.32 Å². The molecule has 1 aromatic rings. The van der Waals surface area contributed by atoms with Gasteiger partial charge in [-0.1, -0.05) is 20.3 Å². The summed E-state index contributed by atoms with van der Waals surface area (Å²) in [5, 5.41) is 5.72. The topological polar surface area (TPSA) is 12.0 Å². The third kappa shape index (κ3) is 3.12. The summed E-state index contributed by atoms with van der Waals surface area (Å²) in [6, 6.07) is 2.82. The van der Waals surface area contributed by atoms with Crippen LogP contribution in [0.4, 0.5) is 0 Å². The van der Waals surface area contributed by atoms with Crippen molar-refractivity contribution in [2.75, 3.05) is 7.05 Å². The maximum Gasteiger partial charge on any atom is 0.0441 e. The highest BCUT2D eigenvalue weighted by Crippen LogP contribution is 2.41. The van der Waals surface area contributed by atoms with Crippen molar-refractivity contribution >= 4 is 27.3 Å². The standard InChI is InChI=1S/C14H22BrNS/c1-9-4-5-11(6-10(9)2)14(16-3)13-7-12(15)8-17-13/h7-11,14,16H,4-6H2,1-3H3. The normalized spacial score (nSPS) is 31.4. The van der Waals surface area contributed by atoms with Gasteiger partial charge in [0, 0.05) is 20.8 Å². The summed E-state index contributed by atoms with van der Waals surface area (Å²) in [5.74, 6) is 2.57. The maximum absolute atomic E-state index is 3.56. The lowest BCUT2D eigenvalue weighted by Gasteiger charge is -2.36. The van der Waals surface area contributed by atoms with Crippen LogP contribution in [0.5, 0.6) is 0 Å². The zero-order chi connectivity index (χ0) is 12.4. The van der Waals surface area contributed by atoms with Gasteiger partial charge in [0.1, 0.15) is 0 Å². The molecule has 0 radical (unpaired) electrons. The number of thiophene rings is 1. The summed E-state index contributed by atoms with van der Waals surface area (Å²) in [6.45, 7) is 4.81. The first-order chi connectivity index (χ1) is 8.11. The number of hydrogen-bond donors (Lipinski definition) is 1. The van der Waals surface area contributed by atoms with Crippen LogP contribution in [0.1, 0.15) is 44.0 Å². The van der Waals surface area contributed by atoms with E-state index in [0.717, 1.165) is 17.8 Å². The van der Waals surface area contributed by atoms with Gasteiger partial charge in [0.15, 0.2) is 0 Å². The molecule has 1 N–H and O–H groups in total. The molecule has 0 saturated heterocycles. The van der Waals surface area contributed by atoms with Crippen molar-refractivity contribution in [2.45, 2.75) is 39.2 Å². The molecule has 17 heavy (non-hydrogen) atoms. The van der Waals surface area contributed by atoms with Crippen LogP contribution in [0.25, 0.3) is 0 Å². The van der Waals surface area contributed by atoms with Crippen molar-refractivity contribution in [3.05, 3.63) is 20.8 Å². The highest BCUT2D eigenvalue weighted by molar-refractivity contribution is 9.10. The molecule has 3 heteroatoms. The van der Waals surface area contributed by atoms with Crippen LogP contribution >= 0.6 is 27.3 Å². The molecule has 0 aromatic carbocycles. The fraction of sp³-hybridized carbons (Fsp3) is 0.714. The van der Waals surface area contributed by atoms with Gasteiger partial charge in [-0.15, -0.1) is 11.3 Å². The van der Waals surface area contributed by atoms with Crippen LogP contribution in [0.3, 0.4) is 0 Å². The van der Waals surface area contributed by atoms with Crippen LogP contribution in [-0.4, -0.2) is 7.05 Å². The minimum atomic E-state index is 0.543. The van der Waals surface area contributed by atoms with E-state index >= 15 is 0 Å². The maximum atomic E-state index is 3.56. The molecule has 4 unspecified atom stereocenters. The minimum Gasteiger partial charge on any atom is -0.312 e. The molecule has 0 spiro atoms. The van der Waals surface area contributed by atoms with E-state index in [-0.39, 0.29) is 0 Å². The van der Waals surface area contributed by atoms with Crippen LogP contribution in [0.2, 0.25) is 0 Å². The van der Waals surface area contributed by atoms with E-state index in [0.29, 0.717) is 6.04 Å². The van der Waals surface area contributed by atoms with Crippen LogP contribution in [0, 0.1) is 17.8 Å². The first kappa shape index (κ1) is 13.6. The van der Waals surface area contributed by atoms with Gasteiger partial charge in [-0.05, 0) is 59.6 Å². The lowest BCUT2D eigenvalue weighted by atomic mass is 9.73. The summed E-state index contributed by atoms with van der Waals surface area (Å²) >= 11 is 5.43. The van der Waals surface area contributed by atoms with E-state index in [1.807, 2.05) is 11.3 Å². The second-order valence-electron chi connectivity index (χ2n) is 5.46. The Morgan fingerprint density at radius 3 is 2.65 bits per heavy atom. The summed E-state index contributed by atoms with van der Waals surface area (Å²) < 4.78 is 1.22.